The number of ether oxygens (including phenoxy) is 1. The average molecular weight is 385 g/mol. The third-order valence-corrected chi connectivity index (χ3v) is 6.61. The van der Waals surface area contributed by atoms with Gasteiger partial charge in [0.05, 0.1) is 6.54 Å². The first-order chi connectivity index (χ1) is 12.1. The summed E-state index contributed by atoms with van der Waals surface area (Å²) in [6, 6.07) is 7.15. The van der Waals surface area contributed by atoms with Crippen molar-refractivity contribution in [3.63, 3.8) is 0 Å². The maximum absolute atomic E-state index is 12.1. The second kappa shape index (κ2) is 7.63. The van der Waals surface area contributed by atoms with E-state index in [4.69, 9.17) is 9.84 Å². The summed E-state index contributed by atoms with van der Waals surface area (Å²) in [5.74, 6) is -1.47. The monoisotopic (exact) mass is 385 g/mol. The Morgan fingerprint density at radius 2 is 1.96 bits per heavy atom. The van der Waals surface area contributed by atoms with Gasteiger partial charge < -0.3 is 14.9 Å². The maximum Gasteiger partial charge on any atom is 0.414 e. The SMILES string of the molecule is C[C@@](C[C@H]1CN(c2ccc(CCCO)cc2)C(=O)O1)(C(=O)O)S(C)(=O)=O. The quantitative estimate of drug-likeness (QED) is 0.690. The van der Waals surface area contributed by atoms with Crippen LogP contribution in [0.25, 0.3) is 0 Å². The van der Waals surface area contributed by atoms with Crippen LogP contribution in [-0.2, 0) is 25.8 Å². The Labute approximate surface area is 152 Å². The number of cyclic esters (lactones) is 1. The summed E-state index contributed by atoms with van der Waals surface area (Å²) in [6.07, 6.45) is 0.423. The van der Waals surface area contributed by atoms with Gasteiger partial charge in [-0.2, -0.15) is 0 Å². The molecule has 1 amide bonds. The van der Waals surface area contributed by atoms with Crippen LogP contribution in [0.15, 0.2) is 24.3 Å². The Morgan fingerprint density at radius 3 is 2.46 bits per heavy atom. The van der Waals surface area contributed by atoms with E-state index in [1.165, 1.54) is 4.90 Å². The molecule has 0 radical (unpaired) electrons. The molecular formula is C17H23NO7S. The predicted octanol–water partition coefficient (Wildman–Crippen LogP) is 1.21. The van der Waals surface area contributed by atoms with Crippen molar-refractivity contribution in [2.24, 2.45) is 0 Å². The van der Waals surface area contributed by atoms with Crippen molar-refractivity contribution in [3.05, 3.63) is 29.8 Å². The van der Waals surface area contributed by atoms with E-state index < -0.39 is 32.8 Å². The largest absolute Gasteiger partial charge is 0.480 e. The molecule has 8 nitrogen and oxygen atoms in total. The Balaban J connectivity index is 2.12. The molecule has 9 heteroatoms. The molecule has 1 aliphatic heterocycles. The van der Waals surface area contributed by atoms with Gasteiger partial charge in [-0.05, 0) is 37.5 Å². The number of carboxylic acid groups (broad SMARTS) is 1. The third-order valence-electron chi connectivity index (χ3n) is 4.63. The van der Waals surface area contributed by atoms with E-state index in [1.807, 2.05) is 12.1 Å². The van der Waals surface area contributed by atoms with Crippen LogP contribution in [0.4, 0.5) is 10.5 Å². The molecule has 0 unspecified atom stereocenters. The number of amides is 1. The number of nitrogens with zero attached hydrogens (tertiary/aromatic N) is 1. The standard InChI is InChI=1S/C17H23NO7S/c1-17(15(20)21,26(2,23)24)10-14-11-18(16(22)25-14)13-7-5-12(6-8-13)4-3-9-19/h5-8,14,19H,3-4,9-11H2,1-2H3,(H,20,21)/t14-,17+/m0/s1. The first-order valence-electron chi connectivity index (χ1n) is 8.19. The zero-order chi connectivity index (χ0) is 19.5. The molecule has 2 N–H and O–H groups in total. The lowest BCUT2D eigenvalue weighted by Crippen LogP contribution is -2.46. The highest BCUT2D eigenvalue weighted by Gasteiger charge is 2.48. The summed E-state index contributed by atoms with van der Waals surface area (Å²) in [5, 5.41) is 18.2. The van der Waals surface area contributed by atoms with Gasteiger partial charge in [0.2, 0.25) is 0 Å². The molecule has 1 aromatic carbocycles. The first kappa shape index (κ1) is 20.2. The van der Waals surface area contributed by atoms with Crippen LogP contribution in [0, 0.1) is 0 Å². The lowest BCUT2D eigenvalue weighted by molar-refractivity contribution is -0.140. The highest BCUT2D eigenvalue weighted by Crippen LogP contribution is 2.30. The number of anilines is 1. The number of hydrogen-bond donors (Lipinski definition) is 2. The molecule has 0 aliphatic carbocycles. The van der Waals surface area contributed by atoms with Gasteiger partial charge in [-0.25, -0.2) is 13.2 Å². The predicted molar refractivity (Wildman–Crippen MR) is 95.0 cm³/mol. The number of rotatable bonds is 8. The summed E-state index contributed by atoms with van der Waals surface area (Å²) in [6.45, 7) is 1.30. The molecule has 1 aliphatic rings. The normalized spacial score (nSPS) is 19.9. The molecule has 2 rings (SSSR count). The summed E-state index contributed by atoms with van der Waals surface area (Å²) >= 11 is 0. The van der Waals surface area contributed by atoms with Crippen LogP contribution in [0.1, 0.15) is 25.3 Å². The van der Waals surface area contributed by atoms with Crippen molar-refractivity contribution in [2.45, 2.75) is 37.0 Å². The molecule has 0 spiro atoms. The van der Waals surface area contributed by atoms with E-state index in [9.17, 15) is 23.1 Å². The summed E-state index contributed by atoms with van der Waals surface area (Å²) in [4.78, 5) is 24.9. The van der Waals surface area contributed by atoms with Gasteiger partial charge in [0.1, 0.15) is 6.10 Å². The Morgan fingerprint density at radius 1 is 1.35 bits per heavy atom. The Hall–Kier alpha value is -2.13. The van der Waals surface area contributed by atoms with E-state index in [1.54, 1.807) is 12.1 Å². The van der Waals surface area contributed by atoms with E-state index in [-0.39, 0.29) is 19.6 Å². The summed E-state index contributed by atoms with van der Waals surface area (Å²) in [7, 11) is -3.90. The lowest BCUT2D eigenvalue weighted by atomic mass is 10.0. The number of aryl methyl sites for hydroxylation is 1. The topological polar surface area (TPSA) is 121 Å². The maximum atomic E-state index is 12.1. The number of carboxylic acids is 1. The molecule has 0 bridgehead atoms. The van der Waals surface area contributed by atoms with Gasteiger partial charge in [-0.15, -0.1) is 0 Å². The van der Waals surface area contributed by atoms with E-state index in [2.05, 4.69) is 0 Å². The van der Waals surface area contributed by atoms with Crippen molar-refractivity contribution in [1.82, 2.24) is 0 Å². The van der Waals surface area contributed by atoms with Gasteiger partial charge in [-0.3, -0.25) is 9.69 Å². The molecule has 1 fully saturated rings. The number of aliphatic hydroxyl groups is 1. The Bertz CT molecular complexity index is 775. The fourth-order valence-corrected chi connectivity index (χ4v) is 3.60. The molecule has 1 heterocycles. The minimum atomic E-state index is -3.90. The molecule has 26 heavy (non-hydrogen) atoms. The molecule has 1 saturated heterocycles. The zero-order valence-corrected chi connectivity index (χ0v) is 15.5. The number of aliphatic hydroxyl groups excluding tert-OH is 1. The lowest BCUT2D eigenvalue weighted by Gasteiger charge is -2.24. The summed E-state index contributed by atoms with van der Waals surface area (Å²) < 4.78 is 26.9. The number of aliphatic carboxylic acids is 1. The highest BCUT2D eigenvalue weighted by molar-refractivity contribution is 7.92. The fraction of sp³-hybridized carbons (Fsp3) is 0.529. The highest BCUT2D eigenvalue weighted by atomic mass is 32.2. The van der Waals surface area contributed by atoms with Crippen molar-refractivity contribution in [2.75, 3.05) is 24.3 Å². The summed E-state index contributed by atoms with van der Waals surface area (Å²) in [5.41, 5.74) is 1.60. The van der Waals surface area contributed by atoms with E-state index in [0.717, 1.165) is 25.2 Å². The van der Waals surface area contributed by atoms with E-state index >= 15 is 0 Å². The van der Waals surface area contributed by atoms with Crippen LogP contribution in [-0.4, -0.2) is 61.0 Å². The minimum Gasteiger partial charge on any atom is -0.480 e. The number of sulfone groups is 1. The molecule has 1 aromatic rings. The Kier molecular flexibility index (Phi) is 5.92. The number of carbonyl (C=O) groups excluding carboxylic acids is 1. The second-order valence-electron chi connectivity index (χ2n) is 6.62. The average Bonchev–Trinajstić information content (AvgIpc) is 2.92. The second-order valence-corrected chi connectivity index (χ2v) is 9.07. The van der Waals surface area contributed by atoms with Gasteiger partial charge in [0, 0.05) is 25.0 Å². The van der Waals surface area contributed by atoms with E-state index in [0.29, 0.717) is 12.1 Å². The first-order valence-corrected chi connectivity index (χ1v) is 10.1. The molecule has 144 valence electrons. The van der Waals surface area contributed by atoms with Crippen LogP contribution in [0.3, 0.4) is 0 Å². The minimum absolute atomic E-state index is 0.0766. The molecule has 0 aromatic heterocycles. The van der Waals surface area contributed by atoms with Crippen LogP contribution in [0.2, 0.25) is 0 Å². The van der Waals surface area contributed by atoms with Crippen molar-refractivity contribution >= 4 is 27.6 Å². The number of benzene rings is 1. The number of hydrogen-bond acceptors (Lipinski definition) is 6. The van der Waals surface area contributed by atoms with Crippen molar-refractivity contribution < 1.29 is 33.0 Å². The van der Waals surface area contributed by atoms with Gasteiger partial charge in [0.25, 0.3) is 0 Å². The molecule has 2 atom stereocenters. The van der Waals surface area contributed by atoms with Gasteiger partial charge in [-0.1, -0.05) is 12.1 Å². The molecular weight excluding hydrogens is 362 g/mol. The van der Waals surface area contributed by atoms with Crippen LogP contribution >= 0.6 is 0 Å². The van der Waals surface area contributed by atoms with Gasteiger partial charge in [0.15, 0.2) is 14.6 Å². The zero-order valence-electron chi connectivity index (χ0n) is 14.7. The fourth-order valence-electron chi connectivity index (χ4n) is 2.80. The van der Waals surface area contributed by atoms with Crippen LogP contribution in [0.5, 0.6) is 0 Å². The smallest absolute Gasteiger partial charge is 0.414 e. The van der Waals surface area contributed by atoms with Gasteiger partial charge >= 0.3 is 12.1 Å². The van der Waals surface area contributed by atoms with Crippen LogP contribution < -0.4 is 4.90 Å². The molecule has 0 saturated carbocycles. The third kappa shape index (κ3) is 4.16. The van der Waals surface area contributed by atoms with Crippen molar-refractivity contribution in [1.29, 1.82) is 0 Å². The van der Waals surface area contributed by atoms with Crippen molar-refractivity contribution in [3.8, 4) is 0 Å². The number of carbonyl (C=O) groups is 2.